The van der Waals surface area contributed by atoms with Crippen LogP contribution in [0.3, 0.4) is 0 Å². The summed E-state index contributed by atoms with van der Waals surface area (Å²) in [6.07, 6.45) is 1.90. The van der Waals surface area contributed by atoms with Crippen molar-refractivity contribution < 1.29 is 14.3 Å². The molecule has 8 heteroatoms. The van der Waals surface area contributed by atoms with Crippen LogP contribution in [0, 0.1) is 11.3 Å². The molecule has 2 aliphatic heterocycles. The van der Waals surface area contributed by atoms with E-state index >= 15 is 0 Å². The van der Waals surface area contributed by atoms with Crippen molar-refractivity contribution in [2.45, 2.75) is 26.5 Å². The monoisotopic (exact) mass is 465 g/mol. The van der Waals surface area contributed by atoms with Gasteiger partial charge in [-0.1, -0.05) is 47.6 Å². The normalized spacial score (nSPS) is 17.0. The molecule has 1 atom stereocenters. The summed E-state index contributed by atoms with van der Waals surface area (Å²) in [4.78, 5) is 19.3. The van der Waals surface area contributed by atoms with Crippen LogP contribution >= 0.6 is 23.4 Å². The lowest BCUT2D eigenvalue weighted by Gasteiger charge is -2.33. The van der Waals surface area contributed by atoms with E-state index in [1.54, 1.807) is 25.1 Å². The van der Waals surface area contributed by atoms with Gasteiger partial charge in [0.15, 0.2) is 5.17 Å². The van der Waals surface area contributed by atoms with Crippen LogP contribution in [0.5, 0.6) is 5.75 Å². The summed E-state index contributed by atoms with van der Waals surface area (Å²) in [6.45, 7) is 4.09. The second-order valence-corrected chi connectivity index (χ2v) is 8.35. The maximum atomic E-state index is 12.8. The first-order valence-electron chi connectivity index (χ1n) is 10.0. The topological polar surface area (TPSA) is 74.9 Å². The van der Waals surface area contributed by atoms with Gasteiger partial charge >= 0.3 is 5.97 Å². The first kappa shape index (κ1) is 22.0. The van der Waals surface area contributed by atoms with Crippen LogP contribution in [-0.2, 0) is 16.1 Å². The maximum absolute atomic E-state index is 12.8. The molecule has 2 aromatic rings. The zero-order valence-corrected chi connectivity index (χ0v) is 19.1. The number of carbonyl (C=O) groups excluding carboxylic acids is 1. The average molecular weight is 466 g/mol. The van der Waals surface area contributed by atoms with Gasteiger partial charge in [0.2, 0.25) is 0 Å². The number of aliphatic imine (C=N–C) groups is 1. The highest BCUT2D eigenvalue weighted by molar-refractivity contribution is 8.16. The predicted molar refractivity (Wildman–Crippen MR) is 125 cm³/mol. The highest BCUT2D eigenvalue weighted by atomic mass is 35.5. The van der Waals surface area contributed by atoms with E-state index in [0.717, 1.165) is 16.3 Å². The Morgan fingerprint density at radius 2 is 2.12 bits per heavy atom. The molecule has 0 unspecified atom stereocenters. The molecule has 2 heterocycles. The molecule has 0 saturated carbocycles. The molecule has 0 saturated heterocycles. The second kappa shape index (κ2) is 9.51. The Hall–Kier alpha value is -3.21. The van der Waals surface area contributed by atoms with Crippen molar-refractivity contribution in [1.29, 1.82) is 5.26 Å². The molecule has 4 rings (SSSR count). The number of amidine groups is 1. The molecular weight excluding hydrogens is 446 g/mol. The van der Waals surface area contributed by atoms with E-state index in [2.05, 4.69) is 11.1 Å². The zero-order chi connectivity index (χ0) is 22.7. The van der Waals surface area contributed by atoms with Crippen LogP contribution in [0.2, 0.25) is 5.02 Å². The molecule has 162 valence electrons. The summed E-state index contributed by atoms with van der Waals surface area (Å²) in [5, 5.41) is 12.4. The summed E-state index contributed by atoms with van der Waals surface area (Å²) in [5.74, 6) is 0.102. The Labute approximate surface area is 195 Å². The third-order valence-electron chi connectivity index (χ3n) is 5.11. The van der Waals surface area contributed by atoms with Crippen molar-refractivity contribution in [3.8, 4) is 11.8 Å². The van der Waals surface area contributed by atoms with Gasteiger partial charge in [-0.05, 0) is 43.0 Å². The molecule has 0 aromatic heterocycles. The predicted octanol–water partition coefficient (Wildman–Crippen LogP) is 5.56. The minimum Gasteiger partial charge on any atom is -0.487 e. The second-order valence-electron chi connectivity index (χ2n) is 7.07. The van der Waals surface area contributed by atoms with E-state index in [9.17, 15) is 10.1 Å². The van der Waals surface area contributed by atoms with Crippen molar-refractivity contribution >= 4 is 34.5 Å². The van der Waals surface area contributed by atoms with E-state index in [4.69, 9.17) is 21.1 Å². The van der Waals surface area contributed by atoms with E-state index in [1.165, 1.54) is 11.8 Å². The number of carbonyl (C=O) groups is 1. The lowest BCUT2D eigenvalue weighted by molar-refractivity contribution is -0.139. The van der Waals surface area contributed by atoms with Gasteiger partial charge in [0, 0.05) is 11.8 Å². The van der Waals surface area contributed by atoms with Crippen LogP contribution in [0.4, 0.5) is 0 Å². The van der Waals surface area contributed by atoms with Crippen LogP contribution < -0.4 is 4.74 Å². The molecule has 2 aromatic carbocycles. The van der Waals surface area contributed by atoms with Gasteiger partial charge in [-0.3, -0.25) is 0 Å². The minimum atomic E-state index is -0.404. The minimum absolute atomic E-state index is 0.224. The molecule has 0 aliphatic carbocycles. The SMILES string of the molecule is CCOC(=O)C1=C(C)N=C2SC=CN2[C@H]1c1ccc(OCc2ccccc2C#N)c(Cl)c1. The molecule has 0 amide bonds. The van der Waals surface area contributed by atoms with Crippen molar-refractivity contribution in [2.75, 3.05) is 6.61 Å². The number of rotatable bonds is 6. The van der Waals surface area contributed by atoms with E-state index in [0.29, 0.717) is 27.6 Å². The molecule has 32 heavy (non-hydrogen) atoms. The summed E-state index contributed by atoms with van der Waals surface area (Å²) < 4.78 is 11.2. The number of hydrogen-bond acceptors (Lipinski definition) is 7. The fourth-order valence-corrected chi connectivity index (χ4v) is 4.65. The van der Waals surface area contributed by atoms with Crippen LogP contribution in [0.1, 0.15) is 36.6 Å². The quantitative estimate of drug-likeness (QED) is 0.520. The highest BCUT2D eigenvalue weighted by Crippen LogP contribution is 2.42. The number of benzene rings is 2. The molecule has 0 spiro atoms. The smallest absolute Gasteiger partial charge is 0.338 e. The van der Waals surface area contributed by atoms with Gasteiger partial charge in [0.1, 0.15) is 12.4 Å². The zero-order valence-electron chi connectivity index (χ0n) is 17.5. The number of esters is 1. The third-order valence-corrected chi connectivity index (χ3v) is 6.17. The van der Waals surface area contributed by atoms with Crippen molar-refractivity contribution in [3.63, 3.8) is 0 Å². The summed E-state index contributed by atoms with van der Waals surface area (Å²) in [5.41, 5.74) is 3.27. The lowest BCUT2D eigenvalue weighted by atomic mass is 9.94. The van der Waals surface area contributed by atoms with Crippen LogP contribution in [0.15, 0.2) is 70.3 Å². The first-order chi connectivity index (χ1) is 15.5. The number of hydrogen-bond donors (Lipinski definition) is 0. The van der Waals surface area contributed by atoms with Crippen LogP contribution in [-0.4, -0.2) is 22.6 Å². The molecule has 6 nitrogen and oxygen atoms in total. The molecule has 2 aliphatic rings. The summed E-state index contributed by atoms with van der Waals surface area (Å²) in [7, 11) is 0. The van der Waals surface area contributed by atoms with Crippen molar-refractivity contribution in [2.24, 2.45) is 4.99 Å². The van der Waals surface area contributed by atoms with E-state index < -0.39 is 12.0 Å². The average Bonchev–Trinajstić information content (AvgIpc) is 3.25. The van der Waals surface area contributed by atoms with E-state index in [-0.39, 0.29) is 13.2 Å². The van der Waals surface area contributed by atoms with E-state index in [1.807, 2.05) is 47.7 Å². The summed E-state index contributed by atoms with van der Waals surface area (Å²) in [6, 6.07) is 14.5. The Bertz CT molecular complexity index is 1200. The fourth-order valence-electron chi connectivity index (χ4n) is 3.61. The molecule has 0 N–H and O–H groups in total. The Balaban J connectivity index is 1.63. The number of fused-ring (bicyclic) bond motifs is 1. The van der Waals surface area contributed by atoms with Gasteiger partial charge in [0.05, 0.1) is 40.6 Å². The molecule has 0 bridgehead atoms. The number of allylic oxidation sites excluding steroid dienone is 1. The number of nitrogens with zero attached hydrogens (tertiary/aromatic N) is 3. The van der Waals surface area contributed by atoms with Gasteiger partial charge in [0.25, 0.3) is 0 Å². The summed E-state index contributed by atoms with van der Waals surface area (Å²) >= 11 is 8.06. The van der Waals surface area contributed by atoms with Crippen molar-refractivity contribution in [1.82, 2.24) is 4.90 Å². The van der Waals surface area contributed by atoms with Gasteiger partial charge in [-0.25, -0.2) is 9.79 Å². The van der Waals surface area contributed by atoms with Gasteiger partial charge in [-0.2, -0.15) is 5.26 Å². The molecular formula is C24H20ClN3O3S. The van der Waals surface area contributed by atoms with Crippen molar-refractivity contribution in [3.05, 3.63) is 87.1 Å². The Morgan fingerprint density at radius 1 is 1.31 bits per heavy atom. The highest BCUT2D eigenvalue weighted by Gasteiger charge is 2.37. The molecule has 0 fully saturated rings. The Morgan fingerprint density at radius 3 is 2.88 bits per heavy atom. The number of nitriles is 1. The Kier molecular flexibility index (Phi) is 6.54. The maximum Gasteiger partial charge on any atom is 0.338 e. The number of halogens is 1. The standard InChI is InChI=1S/C24H20ClN3O3S/c1-3-30-23(29)21-15(2)27-24-28(10-11-32-24)22(21)16-8-9-20(19(25)12-16)31-14-18-7-5-4-6-17(18)13-26/h4-12,22H,3,14H2,1-2H3/t22-/m0/s1. The lowest BCUT2D eigenvalue weighted by Crippen LogP contribution is -2.34. The number of thioether (sulfide) groups is 1. The van der Waals surface area contributed by atoms with Gasteiger partial charge in [-0.15, -0.1) is 0 Å². The molecule has 0 radical (unpaired) electrons. The van der Waals surface area contributed by atoms with Crippen LogP contribution in [0.25, 0.3) is 0 Å². The number of ether oxygens (including phenoxy) is 2. The first-order valence-corrected chi connectivity index (χ1v) is 11.3. The largest absolute Gasteiger partial charge is 0.487 e. The fraction of sp³-hybridized carbons (Fsp3) is 0.208. The van der Waals surface area contributed by atoms with Gasteiger partial charge < -0.3 is 14.4 Å². The third kappa shape index (κ3) is 4.24.